The van der Waals surface area contributed by atoms with Gasteiger partial charge in [0.2, 0.25) is 0 Å². The van der Waals surface area contributed by atoms with Crippen LogP contribution in [0, 0.1) is 17.2 Å². The quantitative estimate of drug-likeness (QED) is 0.317. The first-order valence-electron chi connectivity index (χ1n) is 16.1. The molecule has 3 fully saturated rings. The monoisotopic (exact) mass is 607 g/mol. The minimum atomic E-state index is -0.873. The second-order valence-electron chi connectivity index (χ2n) is 13.5. The number of ether oxygens (including phenoxy) is 2. The van der Waals surface area contributed by atoms with Gasteiger partial charge in [-0.15, -0.1) is 0 Å². The summed E-state index contributed by atoms with van der Waals surface area (Å²) in [5, 5.41) is 10.2. The van der Waals surface area contributed by atoms with Crippen molar-refractivity contribution >= 4 is 11.5 Å². The molecule has 10 heteroatoms. The van der Waals surface area contributed by atoms with Crippen molar-refractivity contribution in [2.24, 2.45) is 5.92 Å². The highest BCUT2D eigenvalue weighted by atomic mass is 19.1. The summed E-state index contributed by atoms with van der Waals surface area (Å²) in [6.07, 6.45) is 9.02. The number of rotatable bonds is 6. The van der Waals surface area contributed by atoms with E-state index in [1.807, 2.05) is 30.5 Å². The Labute approximate surface area is 262 Å². The highest BCUT2D eigenvalue weighted by molar-refractivity contribution is 5.66. The summed E-state index contributed by atoms with van der Waals surface area (Å²) >= 11 is 0. The number of alkyl halides is 1. The molecule has 0 bridgehead atoms. The van der Waals surface area contributed by atoms with E-state index >= 15 is 0 Å². The summed E-state index contributed by atoms with van der Waals surface area (Å²) in [4.78, 5) is 19.0. The van der Waals surface area contributed by atoms with Crippen molar-refractivity contribution in [3.05, 3.63) is 82.3 Å². The van der Waals surface area contributed by atoms with Crippen LogP contribution in [0.15, 0.2) is 48.7 Å². The molecule has 8 rings (SSSR count). The second kappa shape index (κ2) is 10.8. The van der Waals surface area contributed by atoms with Gasteiger partial charge in [0, 0.05) is 61.2 Å². The Morgan fingerprint density at radius 1 is 1.20 bits per heavy atom. The maximum Gasteiger partial charge on any atom is 0.318 e. The van der Waals surface area contributed by atoms with E-state index in [0.717, 1.165) is 72.8 Å². The summed E-state index contributed by atoms with van der Waals surface area (Å²) in [6.45, 7) is 5.85. The largest absolute Gasteiger partial charge is 0.461 e. The first-order chi connectivity index (χ1) is 21.9. The molecular weight excluding hydrogens is 569 g/mol. The van der Waals surface area contributed by atoms with Gasteiger partial charge in [-0.25, -0.2) is 4.39 Å². The Morgan fingerprint density at radius 3 is 2.91 bits per heavy atom. The lowest BCUT2D eigenvalue weighted by molar-refractivity contribution is -0.0400. The van der Waals surface area contributed by atoms with Crippen LogP contribution in [0.1, 0.15) is 65.7 Å². The zero-order valence-electron chi connectivity index (χ0n) is 25.6. The fourth-order valence-corrected chi connectivity index (χ4v) is 8.30. The minimum absolute atomic E-state index is 0.125. The standard InChI is InChI=1S/C35H38FN7O2/c1-22-8-10-35(31-26(22)6-7-29(38)27(31)16-37)15-30-28(20-45-35)32(42-17-23(18-42)13-25-5-2-3-11-39-25)41-33(40-30)44-21-34-9-4-12-43(34)19-24(36)14-34/h2-3,5-8,10-11,22-24H,4,9,12-15,17-21,38H2,1H3. The molecule has 0 radical (unpaired) electrons. The van der Waals surface area contributed by atoms with Crippen LogP contribution in [-0.2, 0) is 29.8 Å². The van der Waals surface area contributed by atoms with E-state index in [0.29, 0.717) is 55.8 Å². The lowest BCUT2D eigenvalue weighted by atomic mass is 9.73. The van der Waals surface area contributed by atoms with Crippen LogP contribution < -0.4 is 15.4 Å². The van der Waals surface area contributed by atoms with Crippen molar-refractivity contribution in [2.45, 2.75) is 68.9 Å². The molecule has 5 aliphatic rings. The Hall–Kier alpha value is -4.07. The molecule has 4 aliphatic heterocycles. The molecule has 1 spiro atoms. The van der Waals surface area contributed by atoms with E-state index < -0.39 is 11.8 Å². The number of benzene rings is 1. The number of anilines is 2. The van der Waals surface area contributed by atoms with Crippen LogP contribution in [0.2, 0.25) is 0 Å². The second-order valence-corrected chi connectivity index (χ2v) is 13.5. The zero-order chi connectivity index (χ0) is 30.8. The molecule has 4 unspecified atom stereocenters. The maximum atomic E-state index is 14.5. The smallest absolute Gasteiger partial charge is 0.318 e. The molecule has 9 nitrogen and oxygen atoms in total. The molecule has 2 N–H and O–H groups in total. The number of hydrogen-bond donors (Lipinski definition) is 1. The number of aromatic nitrogens is 3. The Balaban J connectivity index is 1.13. The van der Waals surface area contributed by atoms with Gasteiger partial charge in [-0.3, -0.25) is 9.88 Å². The molecule has 232 valence electrons. The van der Waals surface area contributed by atoms with Gasteiger partial charge >= 0.3 is 6.01 Å². The van der Waals surface area contributed by atoms with Crippen LogP contribution in [0.4, 0.5) is 15.9 Å². The molecule has 3 saturated heterocycles. The van der Waals surface area contributed by atoms with Crippen molar-refractivity contribution in [3.63, 3.8) is 0 Å². The summed E-state index contributed by atoms with van der Waals surface area (Å²) in [7, 11) is 0. The number of fused-ring (bicyclic) bond motifs is 4. The molecule has 0 saturated carbocycles. The van der Waals surface area contributed by atoms with Gasteiger partial charge in [0.15, 0.2) is 0 Å². The molecule has 4 atom stereocenters. The van der Waals surface area contributed by atoms with Gasteiger partial charge in [-0.05, 0) is 61.4 Å². The van der Waals surface area contributed by atoms with Crippen molar-refractivity contribution < 1.29 is 13.9 Å². The third kappa shape index (κ3) is 4.75. The highest BCUT2D eigenvalue weighted by Gasteiger charge is 2.50. The van der Waals surface area contributed by atoms with Crippen molar-refractivity contribution in [1.82, 2.24) is 19.9 Å². The van der Waals surface area contributed by atoms with Crippen LogP contribution in [0.3, 0.4) is 0 Å². The summed E-state index contributed by atoms with van der Waals surface area (Å²) < 4.78 is 27.7. The first-order valence-corrected chi connectivity index (χ1v) is 16.1. The number of allylic oxidation sites excluding steroid dienone is 1. The number of pyridine rings is 1. The lowest BCUT2D eigenvalue weighted by Crippen LogP contribution is -2.49. The average Bonchev–Trinajstić information content (AvgIpc) is 3.55. The van der Waals surface area contributed by atoms with Crippen LogP contribution in [-0.4, -0.2) is 64.3 Å². The minimum Gasteiger partial charge on any atom is -0.461 e. The predicted molar refractivity (Wildman–Crippen MR) is 168 cm³/mol. The average molecular weight is 608 g/mol. The fourth-order valence-electron chi connectivity index (χ4n) is 8.30. The van der Waals surface area contributed by atoms with E-state index in [4.69, 9.17) is 25.2 Å². The van der Waals surface area contributed by atoms with E-state index in [1.165, 1.54) is 0 Å². The first kappa shape index (κ1) is 28.4. The number of halogens is 1. The van der Waals surface area contributed by atoms with Gasteiger partial charge < -0.3 is 20.1 Å². The number of nitrogens with zero attached hydrogens (tertiary/aromatic N) is 6. The summed E-state index contributed by atoms with van der Waals surface area (Å²) in [6, 6.07) is 12.5. The summed E-state index contributed by atoms with van der Waals surface area (Å²) in [5.74, 6) is 1.42. The van der Waals surface area contributed by atoms with Gasteiger partial charge in [0.05, 0.1) is 23.4 Å². The third-order valence-electron chi connectivity index (χ3n) is 10.6. The van der Waals surface area contributed by atoms with Gasteiger partial charge in [-0.2, -0.15) is 15.2 Å². The molecule has 0 amide bonds. The molecule has 3 aromatic rings. The van der Waals surface area contributed by atoms with Crippen molar-refractivity contribution in [1.29, 1.82) is 5.26 Å². The maximum absolute atomic E-state index is 14.5. The number of nitrogen functional groups attached to an aromatic ring is 1. The van der Waals surface area contributed by atoms with E-state index in [9.17, 15) is 9.65 Å². The molecule has 1 aliphatic carbocycles. The lowest BCUT2D eigenvalue weighted by Gasteiger charge is -2.44. The SMILES string of the molecule is CC1C=CC2(Cc3nc(OCC45CCCN4CC(F)C5)nc(N4CC(Cc5ccccn5)C4)c3CO2)c2c1ccc(N)c2C#N. The topological polar surface area (TPSA) is 113 Å². The number of nitriles is 1. The van der Waals surface area contributed by atoms with Crippen LogP contribution in [0.5, 0.6) is 6.01 Å². The molecule has 1 aromatic carbocycles. The molecular formula is C35H38FN7O2. The van der Waals surface area contributed by atoms with Gasteiger partial charge in [0.1, 0.15) is 30.3 Å². The Kier molecular flexibility index (Phi) is 6.80. The number of nitrogens with two attached hydrogens (primary N) is 1. The zero-order valence-corrected chi connectivity index (χ0v) is 25.6. The van der Waals surface area contributed by atoms with Crippen molar-refractivity contribution in [2.75, 3.05) is 43.4 Å². The van der Waals surface area contributed by atoms with E-state index in [1.54, 1.807) is 0 Å². The van der Waals surface area contributed by atoms with Crippen LogP contribution >= 0.6 is 0 Å². The number of hydrogen-bond acceptors (Lipinski definition) is 9. The van der Waals surface area contributed by atoms with Crippen molar-refractivity contribution in [3.8, 4) is 12.1 Å². The molecule has 2 aromatic heterocycles. The van der Waals surface area contributed by atoms with Gasteiger partial charge in [0.25, 0.3) is 0 Å². The van der Waals surface area contributed by atoms with Crippen LogP contribution in [0.25, 0.3) is 0 Å². The van der Waals surface area contributed by atoms with E-state index in [2.05, 4.69) is 46.0 Å². The summed E-state index contributed by atoms with van der Waals surface area (Å²) in [5.41, 5.74) is 10.8. The molecule has 6 heterocycles. The Bertz CT molecular complexity index is 1700. The third-order valence-corrected chi connectivity index (χ3v) is 10.6. The highest BCUT2D eigenvalue weighted by Crippen LogP contribution is 2.48. The predicted octanol–water partition coefficient (Wildman–Crippen LogP) is 4.60. The van der Waals surface area contributed by atoms with E-state index in [-0.39, 0.29) is 11.5 Å². The normalized spacial score (nSPS) is 28.8. The molecule has 45 heavy (non-hydrogen) atoms. The fraction of sp³-hybridized carbons (Fsp3) is 0.486. The van der Waals surface area contributed by atoms with Gasteiger partial charge in [-0.1, -0.05) is 31.2 Å². The Morgan fingerprint density at radius 2 is 2.09 bits per heavy atom.